The molecule has 10 nitrogen and oxygen atoms in total. The van der Waals surface area contributed by atoms with Gasteiger partial charge in [0.05, 0.1) is 35.2 Å². The molecule has 2 N–H and O–H groups in total. The van der Waals surface area contributed by atoms with Gasteiger partial charge in [-0.25, -0.2) is 15.0 Å². The highest BCUT2D eigenvalue weighted by molar-refractivity contribution is 5.95. The van der Waals surface area contributed by atoms with Crippen LogP contribution in [0.3, 0.4) is 0 Å². The molecule has 10 heteroatoms. The van der Waals surface area contributed by atoms with E-state index in [1.165, 1.54) is 6.92 Å². The normalized spacial score (nSPS) is 11.1. The molecule has 0 fully saturated rings. The summed E-state index contributed by atoms with van der Waals surface area (Å²) in [5.41, 5.74) is 4.76. The molecule has 188 valence electrons. The molecule has 0 radical (unpaired) electrons. The summed E-state index contributed by atoms with van der Waals surface area (Å²) < 4.78 is 7.69. The van der Waals surface area contributed by atoms with Crippen LogP contribution in [0.25, 0.3) is 22.6 Å². The molecule has 0 saturated carbocycles. The minimum atomic E-state index is -0.159. The van der Waals surface area contributed by atoms with Crippen molar-refractivity contribution in [2.45, 2.75) is 6.92 Å². The number of aryl methyl sites for hydroxylation is 1. The maximum Gasteiger partial charge on any atom is 0.227 e. The summed E-state index contributed by atoms with van der Waals surface area (Å²) in [5, 5.41) is 6.19. The Morgan fingerprint density at radius 3 is 2.53 bits per heavy atom. The molecule has 4 rings (SSSR count). The largest absolute Gasteiger partial charge is 0.494 e. The third-order valence-electron chi connectivity index (χ3n) is 5.84. The van der Waals surface area contributed by atoms with E-state index < -0.39 is 0 Å². The van der Waals surface area contributed by atoms with Gasteiger partial charge in [-0.05, 0) is 38.4 Å². The van der Waals surface area contributed by atoms with Crippen LogP contribution in [-0.2, 0) is 11.8 Å². The molecule has 0 aliphatic rings. The highest BCUT2D eigenvalue weighted by Gasteiger charge is 2.17. The van der Waals surface area contributed by atoms with Gasteiger partial charge in [0.25, 0.3) is 0 Å². The number of fused-ring (bicyclic) bond motifs is 1. The molecule has 1 amide bonds. The van der Waals surface area contributed by atoms with E-state index in [0.29, 0.717) is 28.8 Å². The molecular weight excluding hydrogens is 456 g/mol. The Bertz CT molecular complexity index is 1380. The fourth-order valence-electron chi connectivity index (χ4n) is 3.95. The summed E-state index contributed by atoms with van der Waals surface area (Å²) in [6, 6.07) is 13.5. The number of rotatable bonds is 9. The summed E-state index contributed by atoms with van der Waals surface area (Å²) in [4.78, 5) is 30.0. The maximum absolute atomic E-state index is 12.0. The summed E-state index contributed by atoms with van der Waals surface area (Å²) >= 11 is 0. The first kappa shape index (κ1) is 24.9. The molecule has 0 atom stereocenters. The van der Waals surface area contributed by atoms with Crippen molar-refractivity contribution in [2.75, 3.05) is 56.9 Å². The summed E-state index contributed by atoms with van der Waals surface area (Å²) in [5.74, 6) is 1.58. The van der Waals surface area contributed by atoms with Crippen LogP contribution >= 0.6 is 0 Å². The van der Waals surface area contributed by atoms with E-state index in [9.17, 15) is 4.79 Å². The number of benzene rings is 2. The number of para-hydroxylation sites is 2. The molecule has 0 unspecified atom stereocenters. The van der Waals surface area contributed by atoms with E-state index in [1.807, 2.05) is 75.2 Å². The first-order chi connectivity index (χ1) is 17.3. The second kappa shape index (κ2) is 10.6. The number of anilines is 4. The first-order valence-corrected chi connectivity index (χ1v) is 11.6. The quantitative estimate of drug-likeness (QED) is 0.368. The van der Waals surface area contributed by atoms with E-state index >= 15 is 0 Å². The van der Waals surface area contributed by atoms with Crippen molar-refractivity contribution in [3.63, 3.8) is 0 Å². The number of nitrogens with zero attached hydrogens (tertiary/aromatic N) is 6. The maximum atomic E-state index is 12.0. The average Bonchev–Trinajstić information content (AvgIpc) is 3.19. The number of likely N-dealkylation sites (N-methyl/N-ethyl adjacent to an activating group) is 2. The Hall–Kier alpha value is -4.18. The second-order valence-electron chi connectivity index (χ2n) is 8.85. The molecule has 0 aliphatic heterocycles. The molecule has 2 heterocycles. The highest BCUT2D eigenvalue weighted by Crippen LogP contribution is 2.38. The Morgan fingerprint density at radius 2 is 1.83 bits per heavy atom. The molecule has 0 saturated heterocycles. The average molecular weight is 489 g/mol. The van der Waals surface area contributed by atoms with Crippen molar-refractivity contribution < 1.29 is 9.53 Å². The van der Waals surface area contributed by atoms with Crippen LogP contribution in [0.1, 0.15) is 6.92 Å². The lowest BCUT2D eigenvalue weighted by Gasteiger charge is -2.25. The van der Waals surface area contributed by atoms with Crippen LogP contribution in [0.4, 0.5) is 23.0 Å². The Kier molecular flexibility index (Phi) is 7.35. The predicted octanol–water partition coefficient (Wildman–Crippen LogP) is 3.74. The smallest absolute Gasteiger partial charge is 0.227 e. The van der Waals surface area contributed by atoms with E-state index in [4.69, 9.17) is 14.7 Å². The summed E-state index contributed by atoms with van der Waals surface area (Å²) in [6.07, 6.45) is 1.69. The monoisotopic (exact) mass is 488 g/mol. The van der Waals surface area contributed by atoms with E-state index in [1.54, 1.807) is 13.3 Å². The zero-order valence-electron chi connectivity index (χ0n) is 21.5. The zero-order valence-corrected chi connectivity index (χ0v) is 21.5. The fraction of sp³-hybridized carbons (Fsp3) is 0.308. The molecule has 36 heavy (non-hydrogen) atoms. The van der Waals surface area contributed by atoms with Gasteiger partial charge < -0.3 is 29.7 Å². The van der Waals surface area contributed by atoms with Crippen LogP contribution in [0, 0.1) is 0 Å². The van der Waals surface area contributed by atoms with Crippen LogP contribution in [0.5, 0.6) is 5.75 Å². The van der Waals surface area contributed by atoms with E-state index in [-0.39, 0.29) is 5.91 Å². The minimum Gasteiger partial charge on any atom is -0.494 e. The third kappa shape index (κ3) is 5.38. The predicted molar refractivity (Wildman–Crippen MR) is 144 cm³/mol. The molecule has 0 aliphatic carbocycles. The lowest BCUT2D eigenvalue weighted by atomic mass is 10.2. The number of ether oxygens (including phenoxy) is 1. The minimum absolute atomic E-state index is 0.159. The van der Waals surface area contributed by atoms with Gasteiger partial charge in [-0.3, -0.25) is 4.79 Å². The fourth-order valence-corrected chi connectivity index (χ4v) is 3.95. The standard InChI is InChI=1S/C26H32N8O2/c1-17(35)28-20-15-21(24(36-6)16-23(20)33(4)14-13-32(2)3)31-26-27-12-11-19(30-26)25-29-18-9-7-8-10-22(18)34(25)5/h7-12,15-16H,13-14H2,1-6H3,(H,28,35)(H,27,30,31). The van der Waals surface area contributed by atoms with Crippen molar-refractivity contribution in [3.05, 3.63) is 48.7 Å². The van der Waals surface area contributed by atoms with Crippen molar-refractivity contribution in [2.24, 2.45) is 7.05 Å². The van der Waals surface area contributed by atoms with Crippen molar-refractivity contribution in [1.82, 2.24) is 24.4 Å². The first-order valence-electron chi connectivity index (χ1n) is 11.6. The SMILES string of the molecule is COc1cc(N(C)CCN(C)C)c(NC(C)=O)cc1Nc1nccc(-c2nc3ccccc3n2C)n1. The molecule has 0 bridgehead atoms. The number of aromatic nitrogens is 4. The van der Waals surface area contributed by atoms with Gasteiger partial charge in [0.15, 0.2) is 5.82 Å². The number of methoxy groups -OCH3 is 1. The summed E-state index contributed by atoms with van der Waals surface area (Å²) in [7, 11) is 9.61. The van der Waals surface area contributed by atoms with Crippen molar-refractivity contribution >= 4 is 40.0 Å². The Morgan fingerprint density at radius 1 is 1.06 bits per heavy atom. The van der Waals surface area contributed by atoms with E-state index in [0.717, 1.165) is 35.6 Å². The topological polar surface area (TPSA) is 100 Å². The molecule has 2 aromatic carbocycles. The molecule has 0 spiro atoms. The number of amides is 1. The van der Waals surface area contributed by atoms with Gasteiger partial charge in [-0.2, -0.15) is 0 Å². The Labute approximate surface area is 210 Å². The van der Waals surface area contributed by atoms with Crippen LogP contribution in [0.2, 0.25) is 0 Å². The number of imidazole rings is 1. The van der Waals surface area contributed by atoms with Crippen LogP contribution in [0.15, 0.2) is 48.7 Å². The number of carbonyl (C=O) groups is 1. The van der Waals surface area contributed by atoms with E-state index in [2.05, 4.69) is 25.4 Å². The summed E-state index contributed by atoms with van der Waals surface area (Å²) in [6.45, 7) is 3.13. The number of nitrogens with one attached hydrogen (secondary N) is 2. The Balaban J connectivity index is 1.69. The molecular formula is C26H32N8O2. The van der Waals surface area contributed by atoms with Gasteiger partial charge in [-0.15, -0.1) is 0 Å². The van der Waals surface area contributed by atoms with Crippen LogP contribution in [-0.4, -0.2) is 71.7 Å². The van der Waals surface area contributed by atoms with Crippen molar-refractivity contribution in [1.29, 1.82) is 0 Å². The number of hydrogen-bond donors (Lipinski definition) is 2. The lowest BCUT2D eigenvalue weighted by Crippen LogP contribution is -2.29. The highest BCUT2D eigenvalue weighted by atomic mass is 16.5. The third-order valence-corrected chi connectivity index (χ3v) is 5.84. The van der Waals surface area contributed by atoms with Gasteiger partial charge in [0.2, 0.25) is 11.9 Å². The van der Waals surface area contributed by atoms with Gasteiger partial charge in [-0.1, -0.05) is 12.1 Å². The van der Waals surface area contributed by atoms with Gasteiger partial charge >= 0.3 is 0 Å². The van der Waals surface area contributed by atoms with Gasteiger partial charge in [0.1, 0.15) is 11.4 Å². The van der Waals surface area contributed by atoms with Crippen LogP contribution < -0.4 is 20.3 Å². The molecule has 4 aromatic rings. The molecule has 2 aromatic heterocycles. The number of carbonyl (C=O) groups excluding carboxylic acids is 1. The van der Waals surface area contributed by atoms with Gasteiger partial charge in [0, 0.05) is 46.4 Å². The lowest BCUT2D eigenvalue weighted by molar-refractivity contribution is -0.114. The zero-order chi connectivity index (χ0) is 25.8. The van der Waals surface area contributed by atoms with Crippen molar-refractivity contribution in [3.8, 4) is 17.3 Å². The second-order valence-corrected chi connectivity index (χ2v) is 8.85. The number of hydrogen-bond acceptors (Lipinski definition) is 8.